The molecule has 1 saturated heterocycles. The fourth-order valence-electron chi connectivity index (χ4n) is 1.52. The monoisotopic (exact) mass is 259 g/mol. The fourth-order valence-corrected chi connectivity index (χ4v) is 1.52. The minimum absolute atomic E-state index is 0.174. The zero-order valence-electron chi connectivity index (χ0n) is 11.4. The summed E-state index contributed by atoms with van der Waals surface area (Å²) in [5, 5.41) is 0. The van der Waals surface area contributed by atoms with E-state index >= 15 is 0 Å². The summed E-state index contributed by atoms with van der Waals surface area (Å²) in [6.07, 6.45) is -1.15. The smallest absolute Gasteiger partial charge is 0.410 e. The predicted octanol–water partition coefficient (Wildman–Crippen LogP) is 1.19. The third-order valence-corrected chi connectivity index (χ3v) is 2.27. The standard InChI is InChI=1S/C12H21NO5/c1-5-16-10(14)9-8-13(6-7-17-9)11(15)18-12(2,3)4/h9H,5-8H2,1-4H3/t9-/m0/s1. The topological polar surface area (TPSA) is 65.1 Å². The number of morpholine rings is 1. The molecule has 0 radical (unpaired) electrons. The van der Waals surface area contributed by atoms with Gasteiger partial charge in [-0.2, -0.15) is 0 Å². The summed E-state index contributed by atoms with van der Waals surface area (Å²) < 4.78 is 15.4. The number of amides is 1. The van der Waals surface area contributed by atoms with Crippen LogP contribution in [0.5, 0.6) is 0 Å². The van der Waals surface area contributed by atoms with E-state index in [0.717, 1.165) is 0 Å². The van der Waals surface area contributed by atoms with Crippen LogP contribution in [0, 0.1) is 0 Å². The van der Waals surface area contributed by atoms with E-state index in [0.29, 0.717) is 19.8 Å². The Hall–Kier alpha value is -1.30. The molecule has 18 heavy (non-hydrogen) atoms. The molecule has 0 aromatic rings. The molecular weight excluding hydrogens is 238 g/mol. The summed E-state index contributed by atoms with van der Waals surface area (Å²) in [7, 11) is 0. The summed E-state index contributed by atoms with van der Waals surface area (Å²) in [6.45, 7) is 8.33. The van der Waals surface area contributed by atoms with Gasteiger partial charge in [0.15, 0.2) is 6.10 Å². The molecule has 0 spiro atoms. The van der Waals surface area contributed by atoms with Crippen LogP contribution in [0.3, 0.4) is 0 Å². The van der Waals surface area contributed by atoms with E-state index in [2.05, 4.69) is 0 Å². The number of rotatable bonds is 2. The van der Waals surface area contributed by atoms with E-state index < -0.39 is 23.8 Å². The third-order valence-electron chi connectivity index (χ3n) is 2.27. The molecule has 1 atom stereocenters. The first kappa shape index (κ1) is 14.8. The lowest BCUT2D eigenvalue weighted by Crippen LogP contribution is -2.50. The van der Waals surface area contributed by atoms with Crippen LogP contribution >= 0.6 is 0 Å². The van der Waals surface area contributed by atoms with Crippen LogP contribution in [-0.2, 0) is 19.0 Å². The minimum atomic E-state index is -0.716. The number of ether oxygens (including phenoxy) is 3. The van der Waals surface area contributed by atoms with Crippen molar-refractivity contribution in [2.75, 3.05) is 26.3 Å². The van der Waals surface area contributed by atoms with E-state index in [1.54, 1.807) is 27.7 Å². The van der Waals surface area contributed by atoms with Gasteiger partial charge in [-0.3, -0.25) is 0 Å². The number of carbonyl (C=O) groups excluding carboxylic acids is 2. The van der Waals surface area contributed by atoms with Gasteiger partial charge in [-0.1, -0.05) is 0 Å². The molecule has 0 N–H and O–H groups in total. The van der Waals surface area contributed by atoms with Gasteiger partial charge in [-0.05, 0) is 27.7 Å². The Morgan fingerprint density at radius 3 is 2.61 bits per heavy atom. The molecule has 1 aliphatic rings. The second-order valence-electron chi connectivity index (χ2n) is 5.04. The lowest BCUT2D eigenvalue weighted by molar-refractivity contribution is -0.161. The Morgan fingerprint density at radius 1 is 1.39 bits per heavy atom. The average Bonchev–Trinajstić information content (AvgIpc) is 2.27. The quantitative estimate of drug-likeness (QED) is 0.697. The van der Waals surface area contributed by atoms with Gasteiger partial charge in [0.25, 0.3) is 0 Å². The van der Waals surface area contributed by atoms with Gasteiger partial charge in [0.2, 0.25) is 0 Å². The molecule has 0 aromatic carbocycles. The summed E-state index contributed by atoms with van der Waals surface area (Å²) in [4.78, 5) is 24.8. The molecule has 0 aromatic heterocycles. The fraction of sp³-hybridized carbons (Fsp3) is 0.833. The normalized spacial score (nSPS) is 20.4. The summed E-state index contributed by atoms with van der Waals surface area (Å²) in [6, 6.07) is 0. The van der Waals surface area contributed by atoms with Crippen LogP contribution in [0.15, 0.2) is 0 Å². The number of nitrogens with zero attached hydrogens (tertiary/aromatic N) is 1. The maximum Gasteiger partial charge on any atom is 0.410 e. The maximum atomic E-state index is 11.8. The molecule has 0 unspecified atom stereocenters. The Morgan fingerprint density at radius 2 is 2.06 bits per heavy atom. The van der Waals surface area contributed by atoms with Crippen LogP contribution in [0.1, 0.15) is 27.7 Å². The minimum Gasteiger partial charge on any atom is -0.464 e. The van der Waals surface area contributed by atoms with Crippen molar-refractivity contribution in [1.82, 2.24) is 4.90 Å². The highest BCUT2D eigenvalue weighted by atomic mass is 16.6. The molecule has 1 rings (SSSR count). The molecule has 104 valence electrons. The van der Waals surface area contributed by atoms with Gasteiger partial charge in [-0.15, -0.1) is 0 Å². The van der Waals surface area contributed by atoms with E-state index in [1.807, 2.05) is 0 Å². The number of hydrogen-bond acceptors (Lipinski definition) is 5. The van der Waals surface area contributed by atoms with Crippen LogP contribution < -0.4 is 0 Å². The molecule has 6 nitrogen and oxygen atoms in total. The number of hydrogen-bond donors (Lipinski definition) is 0. The lowest BCUT2D eigenvalue weighted by atomic mass is 10.2. The summed E-state index contributed by atoms with van der Waals surface area (Å²) in [5.74, 6) is -0.439. The van der Waals surface area contributed by atoms with Crippen LogP contribution in [-0.4, -0.2) is 55.0 Å². The number of esters is 1. The zero-order chi connectivity index (χ0) is 13.8. The van der Waals surface area contributed by atoms with Crippen molar-refractivity contribution in [1.29, 1.82) is 0 Å². The molecule has 1 heterocycles. The summed E-state index contributed by atoms with van der Waals surface area (Å²) in [5.41, 5.74) is -0.547. The molecule has 0 saturated carbocycles. The Kier molecular flexibility index (Phi) is 4.95. The SMILES string of the molecule is CCOC(=O)[C@@H]1CN(C(=O)OC(C)(C)C)CCO1. The van der Waals surface area contributed by atoms with Crippen molar-refractivity contribution in [2.45, 2.75) is 39.4 Å². The van der Waals surface area contributed by atoms with E-state index in [1.165, 1.54) is 4.90 Å². The molecule has 0 aliphatic carbocycles. The van der Waals surface area contributed by atoms with Crippen molar-refractivity contribution in [2.24, 2.45) is 0 Å². The largest absolute Gasteiger partial charge is 0.464 e. The average molecular weight is 259 g/mol. The molecule has 1 fully saturated rings. The van der Waals surface area contributed by atoms with Crippen molar-refractivity contribution in [3.63, 3.8) is 0 Å². The van der Waals surface area contributed by atoms with Gasteiger partial charge in [0.1, 0.15) is 5.60 Å². The highest BCUT2D eigenvalue weighted by molar-refractivity contribution is 5.76. The lowest BCUT2D eigenvalue weighted by Gasteiger charge is -2.33. The molecule has 6 heteroatoms. The van der Waals surface area contributed by atoms with Gasteiger partial charge in [0, 0.05) is 6.54 Å². The van der Waals surface area contributed by atoms with Gasteiger partial charge in [0.05, 0.1) is 19.8 Å². The van der Waals surface area contributed by atoms with Gasteiger partial charge in [-0.25, -0.2) is 9.59 Å². The van der Waals surface area contributed by atoms with Crippen LogP contribution in [0.4, 0.5) is 4.79 Å². The van der Waals surface area contributed by atoms with Gasteiger partial charge < -0.3 is 19.1 Å². The van der Waals surface area contributed by atoms with Crippen LogP contribution in [0.2, 0.25) is 0 Å². The third kappa shape index (κ3) is 4.52. The van der Waals surface area contributed by atoms with Crippen molar-refractivity contribution < 1.29 is 23.8 Å². The molecule has 1 amide bonds. The second kappa shape index (κ2) is 6.04. The summed E-state index contributed by atoms with van der Waals surface area (Å²) >= 11 is 0. The van der Waals surface area contributed by atoms with Crippen molar-refractivity contribution in [3.8, 4) is 0 Å². The Balaban J connectivity index is 2.53. The van der Waals surface area contributed by atoms with E-state index in [-0.39, 0.29) is 6.54 Å². The Labute approximate surface area is 107 Å². The molecule has 0 bridgehead atoms. The second-order valence-corrected chi connectivity index (χ2v) is 5.04. The zero-order valence-corrected chi connectivity index (χ0v) is 11.4. The van der Waals surface area contributed by atoms with Crippen molar-refractivity contribution >= 4 is 12.1 Å². The number of carbonyl (C=O) groups is 2. The predicted molar refractivity (Wildman–Crippen MR) is 64.2 cm³/mol. The molecular formula is C12H21NO5. The molecule has 1 aliphatic heterocycles. The van der Waals surface area contributed by atoms with Crippen LogP contribution in [0.25, 0.3) is 0 Å². The first-order chi connectivity index (χ1) is 8.33. The van der Waals surface area contributed by atoms with E-state index in [4.69, 9.17) is 14.2 Å². The first-order valence-electron chi connectivity index (χ1n) is 6.09. The highest BCUT2D eigenvalue weighted by Crippen LogP contribution is 2.13. The van der Waals surface area contributed by atoms with E-state index in [9.17, 15) is 9.59 Å². The Bertz CT molecular complexity index is 310. The first-order valence-corrected chi connectivity index (χ1v) is 6.09. The highest BCUT2D eigenvalue weighted by Gasteiger charge is 2.32. The van der Waals surface area contributed by atoms with Gasteiger partial charge >= 0.3 is 12.1 Å². The van der Waals surface area contributed by atoms with Crippen molar-refractivity contribution in [3.05, 3.63) is 0 Å². The maximum absolute atomic E-state index is 11.8.